The summed E-state index contributed by atoms with van der Waals surface area (Å²) in [5.41, 5.74) is 0.601. The van der Waals surface area contributed by atoms with Gasteiger partial charge in [0.1, 0.15) is 10.6 Å². The molecule has 0 aliphatic carbocycles. The molecular formula is C13H12N2O4S. The third-order valence-corrected chi connectivity index (χ3v) is 3.23. The first-order valence-electron chi connectivity index (χ1n) is 5.73. The van der Waals surface area contributed by atoms with Crippen LogP contribution in [0.1, 0.15) is 14.7 Å². The average Bonchev–Trinajstić information content (AvgIpc) is 2.85. The Morgan fingerprint density at radius 3 is 2.60 bits per heavy atom. The van der Waals surface area contributed by atoms with Gasteiger partial charge in [-0.3, -0.25) is 4.79 Å². The number of carboxylic acid groups (broad SMARTS) is 1. The number of ether oxygens (including phenoxy) is 1. The zero-order valence-corrected chi connectivity index (χ0v) is 11.4. The van der Waals surface area contributed by atoms with E-state index in [0.717, 1.165) is 5.01 Å². The van der Waals surface area contributed by atoms with Crippen molar-refractivity contribution < 1.29 is 19.4 Å². The Labute approximate surface area is 119 Å². The smallest absolute Gasteiger partial charge is 0.341 e. The highest BCUT2D eigenvalue weighted by Gasteiger charge is 2.09. The maximum absolute atomic E-state index is 11.9. The number of carbonyl (C=O) groups is 2. The summed E-state index contributed by atoms with van der Waals surface area (Å²) < 4.78 is 5.00. The molecule has 2 aromatic rings. The molecule has 0 bridgehead atoms. The predicted molar refractivity (Wildman–Crippen MR) is 74.4 cm³/mol. The van der Waals surface area contributed by atoms with E-state index in [2.05, 4.69) is 10.3 Å². The van der Waals surface area contributed by atoms with E-state index in [1.807, 2.05) is 6.92 Å². The molecule has 0 saturated carbocycles. The van der Waals surface area contributed by atoms with Crippen LogP contribution in [0.15, 0.2) is 30.5 Å². The summed E-state index contributed by atoms with van der Waals surface area (Å²) in [6.07, 6.45) is 1.53. The van der Waals surface area contributed by atoms with Gasteiger partial charge in [0.25, 0.3) is 5.91 Å². The molecule has 2 N–H and O–H groups in total. The minimum absolute atomic E-state index is 0.227. The molecule has 0 aliphatic heterocycles. The van der Waals surface area contributed by atoms with Crippen LogP contribution in [0.3, 0.4) is 0 Å². The zero-order chi connectivity index (χ0) is 14.5. The lowest BCUT2D eigenvalue weighted by Gasteiger charge is -2.06. The summed E-state index contributed by atoms with van der Waals surface area (Å²) in [7, 11) is 0. The fraction of sp³-hybridized carbons (Fsp3) is 0.154. The Morgan fingerprint density at radius 1 is 1.35 bits per heavy atom. The molecule has 0 fully saturated rings. The lowest BCUT2D eigenvalue weighted by Crippen LogP contribution is -2.11. The highest BCUT2D eigenvalue weighted by molar-refractivity contribution is 7.13. The van der Waals surface area contributed by atoms with E-state index in [1.54, 1.807) is 24.3 Å². The summed E-state index contributed by atoms with van der Waals surface area (Å²) in [6, 6.07) is 6.47. The first-order chi connectivity index (χ1) is 9.54. The van der Waals surface area contributed by atoms with Crippen LogP contribution in [0.2, 0.25) is 0 Å². The van der Waals surface area contributed by atoms with Gasteiger partial charge < -0.3 is 15.2 Å². The van der Waals surface area contributed by atoms with Crippen LogP contribution in [-0.2, 0) is 4.79 Å². The van der Waals surface area contributed by atoms with E-state index in [1.165, 1.54) is 17.5 Å². The molecular weight excluding hydrogens is 280 g/mol. The Hall–Kier alpha value is -2.41. The average molecular weight is 292 g/mol. The van der Waals surface area contributed by atoms with E-state index >= 15 is 0 Å². The van der Waals surface area contributed by atoms with Crippen molar-refractivity contribution in [2.24, 2.45) is 0 Å². The normalized spacial score (nSPS) is 10.1. The summed E-state index contributed by atoms with van der Waals surface area (Å²) >= 11 is 1.32. The quantitative estimate of drug-likeness (QED) is 0.881. The van der Waals surface area contributed by atoms with Crippen molar-refractivity contribution in [3.05, 3.63) is 40.3 Å². The van der Waals surface area contributed by atoms with Crippen molar-refractivity contribution in [2.75, 3.05) is 11.9 Å². The lowest BCUT2D eigenvalue weighted by atomic mass is 10.3. The van der Waals surface area contributed by atoms with Crippen LogP contribution >= 0.6 is 11.3 Å². The molecule has 7 heteroatoms. The van der Waals surface area contributed by atoms with Gasteiger partial charge in [-0.1, -0.05) is 0 Å². The van der Waals surface area contributed by atoms with Crippen molar-refractivity contribution in [2.45, 2.75) is 6.92 Å². The van der Waals surface area contributed by atoms with Gasteiger partial charge in [0, 0.05) is 5.69 Å². The second-order valence-corrected chi connectivity index (χ2v) is 5.14. The summed E-state index contributed by atoms with van der Waals surface area (Å²) in [5.74, 6) is -0.836. The predicted octanol–water partition coefficient (Wildman–Crippen LogP) is 2.17. The number of carbonyl (C=O) groups excluding carboxylic acids is 1. The summed E-state index contributed by atoms with van der Waals surface area (Å²) in [4.78, 5) is 26.8. The summed E-state index contributed by atoms with van der Waals surface area (Å²) in [5, 5.41) is 12.0. The topological polar surface area (TPSA) is 88.5 Å². The minimum Gasteiger partial charge on any atom is -0.482 e. The maximum Gasteiger partial charge on any atom is 0.341 e. The lowest BCUT2D eigenvalue weighted by molar-refractivity contribution is -0.139. The van der Waals surface area contributed by atoms with Crippen LogP contribution in [0, 0.1) is 6.92 Å². The molecule has 2 rings (SSSR count). The van der Waals surface area contributed by atoms with Gasteiger partial charge in [-0.05, 0) is 31.2 Å². The van der Waals surface area contributed by atoms with Crippen LogP contribution in [0.4, 0.5) is 5.69 Å². The number of anilines is 1. The first kappa shape index (κ1) is 14.0. The number of aromatic nitrogens is 1. The number of aliphatic carboxylic acids is 1. The molecule has 6 nitrogen and oxygen atoms in total. The molecule has 104 valence electrons. The minimum atomic E-state index is -1.04. The van der Waals surface area contributed by atoms with Gasteiger partial charge in [0.2, 0.25) is 0 Å². The number of aryl methyl sites for hydroxylation is 1. The molecule has 20 heavy (non-hydrogen) atoms. The van der Waals surface area contributed by atoms with E-state index in [-0.39, 0.29) is 5.91 Å². The molecule has 1 aromatic carbocycles. The van der Waals surface area contributed by atoms with Gasteiger partial charge in [0.05, 0.1) is 11.2 Å². The molecule has 0 saturated heterocycles. The third-order valence-electron chi connectivity index (χ3n) is 2.32. The van der Waals surface area contributed by atoms with Gasteiger partial charge in [-0.2, -0.15) is 0 Å². The standard InChI is InChI=1S/C13H12N2O4S/c1-8-14-6-11(20-8)13(18)15-9-2-4-10(5-3-9)19-7-12(16)17/h2-6H,7H2,1H3,(H,15,18)(H,16,17). The van der Waals surface area contributed by atoms with Crippen LogP contribution in [0.5, 0.6) is 5.75 Å². The fourth-order valence-corrected chi connectivity index (χ4v) is 2.11. The third kappa shape index (κ3) is 3.79. The van der Waals surface area contributed by atoms with Crippen molar-refractivity contribution in [3.63, 3.8) is 0 Å². The van der Waals surface area contributed by atoms with Gasteiger partial charge >= 0.3 is 5.97 Å². The van der Waals surface area contributed by atoms with Crippen molar-refractivity contribution >= 4 is 28.9 Å². The highest BCUT2D eigenvalue weighted by atomic mass is 32.1. The highest BCUT2D eigenvalue weighted by Crippen LogP contribution is 2.18. The van der Waals surface area contributed by atoms with Crippen molar-refractivity contribution in [1.82, 2.24) is 4.98 Å². The number of hydrogen-bond donors (Lipinski definition) is 2. The van der Waals surface area contributed by atoms with Crippen molar-refractivity contribution in [1.29, 1.82) is 0 Å². The maximum atomic E-state index is 11.9. The number of carboxylic acids is 1. The van der Waals surface area contributed by atoms with Crippen LogP contribution in [-0.4, -0.2) is 28.6 Å². The molecule has 1 amide bonds. The monoisotopic (exact) mass is 292 g/mol. The molecule has 0 spiro atoms. The summed E-state index contributed by atoms with van der Waals surface area (Å²) in [6.45, 7) is 1.43. The van der Waals surface area contributed by atoms with Crippen LogP contribution in [0.25, 0.3) is 0 Å². The first-order valence-corrected chi connectivity index (χ1v) is 6.54. The Balaban J connectivity index is 1.96. The fourth-order valence-electron chi connectivity index (χ4n) is 1.44. The number of nitrogens with one attached hydrogen (secondary N) is 1. The Kier molecular flexibility index (Phi) is 4.31. The van der Waals surface area contributed by atoms with E-state index < -0.39 is 12.6 Å². The number of amides is 1. The van der Waals surface area contributed by atoms with E-state index in [0.29, 0.717) is 16.3 Å². The van der Waals surface area contributed by atoms with Gasteiger partial charge in [-0.25, -0.2) is 9.78 Å². The van der Waals surface area contributed by atoms with E-state index in [4.69, 9.17) is 9.84 Å². The molecule has 0 atom stereocenters. The number of nitrogens with zero attached hydrogens (tertiary/aromatic N) is 1. The molecule has 1 aromatic heterocycles. The number of benzene rings is 1. The second kappa shape index (κ2) is 6.16. The number of rotatable bonds is 5. The van der Waals surface area contributed by atoms with Gasteiger partial charge in [0.15, 0.2) is 6.61 Å². The Bertz CT molecular complexity index is 622. The molecule has 0 aliphatic rings. The second-order valence-electron chi connectivity index (χ2n) is 3.90. The Morgan fingerprint density at radius 2 is 2.05 bits per heavy atom. The van der Waals surface area contributed by atoms with Gasteiger partial charge in [-0.15, -0.1) is 11.3 Å². The SMILES string of the molecule is Cc1ncc(C(=O)Nc2ccc(OCC(=O)O)cc2)s1. The number of hydrogen-bond acceptors (Lipinski definition) is 5. The molecule has 0 radical (unpaired) electrons. The van der Waals surface area contributed by atoms with E-state index in [9.17, 15) is 9.59 Å². The molecule has 1 heterocycles. The van der Waals surface area contributed by atoms with Crippen molar-refractivity contribution in [3.8, 4) is 5.75 Å². The number of thiazole rings is 1. The zero-order valence-electron chi connectivity index (χ0n) is 10.6. The largest absolute Gasteiger partial charge is 0.482 e. The molecule has 0 unspecified atom stereocenters. The van der Waals surface area contributed by atoms with Crippen LogP contribution < -0.4 is 10.1 Å².